The molecule has 146 valence electrons. The lowest BCUT2D eigenvalue weighted by atomic mass is 10.2. The third kappa shape index (κ3) is 11.9. The van der Waals surface area contributed by atoms with Crippen LogP contribution in [0.4, 0.5) is 0 Å². The van der Waals surface area contributed by atoms with Gasteiger partial charge in [-0.25, -0.2) is 0 Å². The Morgan fingerprint density at radius 3 is 1.12 bits per heavy atom. The second kappa shape index (κ2) is 11.4. The van der Waals surface area contributed by atoms with Crippen molar-refractivity contribution in [3.05, 3.63) is 0 Å². The lowest BCUT2D eigenvalue weighted by molar-refractivity contribution is 0.102. The van der Waals surface area contributed by atoms with Gasteiger partial charge in [0, 0.05) is 13.2 Å². The zero-order valence-electron chi connectivity index (χ0n) is 15.1. The number of unbranched alkanes of at least 4 members (excludes halogenated alkanes) is 3. The standard InChI is InChI=1S/C12H22O4.C6H10O3/c1(3-5-13-7-11-9-15-11)2-4-6-14-8-12-10-16-12;1(5-3-8-5)7-2-6-4-9-6/h11-12H,1-10H2;5-6H,1-4H2. The maximum Gasteiger partial charge on any atom is 0.104 e. The van der Waals surface area contributed by atoms with E-state index in [0.717, 1.165) is 78.9 Å². The van der Waals surface area contributed by atoms with Gasteiger partial charge in [0.25, 0.3) is 0 Å². The van der Waals surface area contributed by atoms with E-state index in [4.69, 9.17) is 33.2 Å². The lowest BCUT2D eigenvalue weighted by Gasteiger charge is -2.03. The monoisotopic (exact) mass is 360 g/mol. The molecule has 0 spiro atoms. The molecule has 7 heteroatoms. The Balaban J connectivity index is 0.000000170. The Kier molecular flexibility index (Phi) is 8.91. The summed E-state index contributed by atoms with van der Waals surface area (Å²) in [6.45, 7) is 8.35. The minimum absolute atomic E-state index is 0.392. The largest absolute Gasteiger partial charge is 0.379 e. The van der Waals surface area contributed by atoms with Crippen LogP contribution in [0.25, 0.3) is 0 Å². The highest BCUT2D eigenvalue weighted by Crippen LogP contribution is 2.12. The zero-order valence-corrected chi connectivity index (χ0v) is 15.1. The van der Waals surface area contributed by atoms with Crippen LogP contribution in [0, 0.1) is 0 Å². The van der Waals surface area contributed by atoms with E-state index in [1.807, 2.05) is 0 Å². The quantitative estimate of drug-likeness (QED) is 0.320. The molecule has 0 aliphatic carbocycles. The van der Waals surface area contributed by atoms with Crippen molar-refractivity contribution in [1.82, 2.24) is 0 Å². The number of ether oxygens (including phenoxy) is 7. The average molecular weight is 360 g/mol. The molecule has 0 bridgehead atoms. The van der Waals surface area contributed by atoms with Crippen LogP contribution < -0.4 is 0 Å². The molecule has 0 radical (unpaired) electrons. The molecule has 4 heterocycles. The predicted octanol–water partition coefficient (Wildman–Crippen LogP) is 1.18. The van der Waals surface area contributed by atoms with Crippen LogP contribution in [-0.4, -0.2) is 90.5 Å². The van der Waals surface area contributed by atoms with Crippen LogP contribution in [-0.2, 0) is 33.2 Å². The third-order valence-corrected chi connectivity index (χ3v) is 4.15. The molecule has 0 amide bonds. The van der Waals surface area contributed by atoms with Crippen molar-refractivity contribution >= 4 is 0 Å². The van der Waals surface area contributed by atoms with Crippen molar-refractivity contribution in [1.29, 1.82) is 0 Å². The second-order valence-corrected chi connectivity index (χ2v) is 6.92. The summed E-state index contributed by atoms with van der Waals surface area (Å²) < 4.78 is 36.1. The van der Waals surface area contributed by atoms with Gasteiger partial charge in [-0.15, -0.1) is 0 Å². The molecule has 4 saturated heterocycles. The molecule has 0 N–H and O–H groups in total. The van der Waals surface area contributed by atoms with Gasteiger partial charge in [0.05, 0.1) is 52.9 Å². The normalized spacial score (nSPS) is 31.2. The van der Waals surface area contributed by atoms with E-state index in [2.05, 4.69) is 0 Å². The van der Waals surface area contributed by atoms with Gasteiger partial charge in [-0.2, -0.15) is 0 Å². The highest BCUT2D eigenvalue weighted by Gasteiger charge is 2.26. The molecule has 4 atom stereocenters. The smallest absolute Gasteiger partial charge is 0.104 e. The van der Waals surface area contributed by atoms with Crippen LogP contribution in [0.5, 0.6) is 0 Å². The Morgan fingerprint density at radius 1 is 0.480 bits per heavy atom. The van der Waals surface area contributed by atoms with Crippen LogP contribution in [0.2, 0.25) is 0 Å². The molecule has 0 aromatic heterocycles. The van der Waals surface area contributed by atoms with Crippen molar-refractivity contribution < 1.29 is 33.2 Å². The first-order valence-corrected chi connectivity index (χ1v) is 9.60. The number of hydrogen-bond donors (Lipinski definition) is 0. The highest BCUT2D eigenvalue weighted by molar-refractivity contribution is 4.71. The fraction of sp³-hybridized carbons (Fsp3) is 1.00. The van der Waals surface area contributed by atoms with Gasteiger partial charge in [0.15, 0.2) is 0 Å². The maximum atomic E-state index is 5.45. The molecule has 4 unspecified atom stereocenters. The lowest BCUT2D eigenvalue weighted by Crippen LogP contribution is -2.06. The summed E-state index contributed by atoms with van der Waals surface area (Å²) in [6, 6.07) is 0. The molecule has 0 aromatic rings. The summed E-state index contributed by atoms with van der Waals surface area (Å²) in [7, 11) is 0. The highest BCUT2D eigenvalue weighted by atomic mass is 16.6. The summed E-state index contributed by atoms with van der Waals surface area (Å²) in [5.41, 5.74) is 0. The van der Waals surface area contributed by atoms with Gasteiger partial charge in [-0.05, 0) is 12.8 Å². The van der Waals surface area contributed by atoms with Crippen LogP contribution >= 0.6 is 0 Å². The van der Waals surface area contributed by atoms with Gasteiger partial charge < -0.3 is 33.2 Å². The van der Waals surface area contributed by atoms with Crippen molar-refractivity contribution in [3.63, 3.8) is 0 Å². The van der Waals surface area contributed by atoms with Crippen LogP contribution in [0.15, 0.2) is 0 Å². The van der Waals surface area contributed by atoms with E-state index in [1.54, 1.807) is 0 Å². The Labute approximate surface area is 150 Å². The summed E-state index contributed by atoms with van der Waals surface area (Å²) in [6.07, 6.45) is 6.35. The molecule has 4 aliphatic heterocycles. The topological polar surface area (TPSA) is 77.8 Å². The van der Waals surface area contributed by atoms with Gasteiger partial charge in [-0.3, -0.25) is 0 Å². The molecule has 4 rings (SSSR count). The average Bonchev–Trinajstić information content (AvgIpc) is 3.47. The first kappa shape index (κ1) is 19.5. The fourth-order valence-electron chi connectivity index (χ4n) is 2.18. The fourth-order valence-corrected chi connectivity index (χ4v) is 2.18. The van der Waals surface area contributed by atoms with Crippen molar-refractivity contribution in [2.24, 2.45) is 0 Å². The van der Waals surface area contributed by atoms with E-state index >= 15 is 0 Å². The molecular formula is C18H32O7. The van der Waals surface area contributed by atoms with Crippen LogP contribution in [0.3, 0.4) is 0 Å². The second-order valence-electron chi connectivity index (χ2n) is 6.92. The van der Waals surface area contributed by atoms with Crippen LogP contribution in [0.1, 0.15) is 25.7 Å². The van der Waals surface area contributed by atoms with Gasteiger partial charge in [0.2, 0.25) is 0 Å². The molecule has 7 nitrogen and oxygen atoms in total. The van der Waals surface area contributed by atoms with E-state index in [9.17, 15) is 0 Å². The zero-order chi connectivity index (χ0) is 17.2. The molecule has 4 fully saturated rings. The SMILES string of the molecule is C(CCCOCC1CO1)CCOCC1CO1.C(OCC1CO1)C1CO1. The molecular weight excluding hydrogens is 328 g/mol. The van der Waals surface area contributed by atoms with E-state index in [-0.39, 0.29) is 0 Å². The van der Waals surface area contributed by atoms with E-state index < -0.39 is 0 Å². The van der Waals surface area contributed by atoms with Crippen molar-refractivity contribution in [2.75, 3.05) is 66.1 Å². The Morgan fingerprint density at radius 2 is 0.800 bits per heavy atom. The summed E-state index contributed by atoms with van der Waals surface area (Å²) >= 11 is 0. The van der Waals surface area contributed by atoms with Crippen molar-refractivity contribution in [3.8, 4) is 0 Å². The third-order valence-electron chi connectivity index (χ3n) is 4.15. The predicted molar refractivity (Wildman–Crippen MR) is 89.9 cm³/mol. The van der Waals surface area contributed by atoms with E-state index in [1.165, 1.54) is 12.8 Å². The molecule has 0 aromatic carbocycles. The minimum Gasteiger partial charge on any atom is -0.379 e. The first-order chi connectivity index (χ1) is 12.4. The maximum absolute atomic E-state index is 5.45. The summed E-state index contributed by atoms with van der Waals surface area (Å²) in [5.74, 6) is 0. The first-order valence-electron chi connectivity index (χ1n) is 9.60. The number of hydrogen-bond acceptors (Lipinski definition) is 7. The molecule has 0 saturated carbocycles. The molecule has 4 aliphatic rings. The van der Waals surface area contributed by atoms with Gasteiger partial charge in [0.1, 0.15) is 24.4 Å². The summed E-state index contributed by atoms with van der Waals surface area (Å²) in [5, 5.41) is 0. The van der Waals surface area contributed by atoms with Crippen molar-refractivity contribution in [2.45, 2.75) is 50.1 Å². The number of rotatable bonds is 15. The van der Waals surface area contributed by atoms with Gasteiger partial charge >= 0.3 is 0 Å². The summed E-state index contributed by atoms with van der Waals surface area (Å²) in [4.78, 5) is 0. The minimum atomic E-state index is 0.392. The Hall–Kier alpha value is -0.280. The Bertz CT molecular complexity index is 306. The molecule has 25 heavy (non-hydrogen) atoms. The van der Waals surface area contributed by atoms with Gasteiger partial charge in [-0.1, -0.05) is 12.8 Å². The van der Waals surface area contributed by atoms with E-state index in [0.29, 0.717) is 24.4 Å². The number of epoxide rings is 4.